The molecule has 1 N–H and O–H groups in total. The number of carbonyl (C=O) groups excluding carboxylic acids is 1. The molecule has 0 aliphatic carbocycles. The van der Waals surface area contributed by atoms with Crippen molar-refractivity contribution >= 4 is 49.1 Å². The van der Waals surface area contributed by atoms with Gasteiger partial charge in [0, 0.05) is 23.1 Å². The van der Waals surface area contributed by atoms with Crippen LogP contribution in [0, 0.1) is 6.92 Å². The van der Waals surface area contributed by atoms with Crippen molar-refractivity contribution in [2.24, 2.45) is 0 Å². The first kappa shape index (κ1) is 20.3. The molecule has 144 valence electrons. The number of ether oxygens (including phenoxy) is 1. The second-order valence-electron chi connectivity index (χ2n) is 6.08. The van der Waals surface area contributed by atoms with Crippen molar-refractivity contribution in [1.82, 2.24) is 4.31 Å². The molecule has 1 amide bonds. The molecule has 1 saturated heterocycles. The Balaban J connectivity index is 1.89. The summed E-state index contributed by atoms with van der Waals surface area (Å²) < 4.78 is 33.3. The van der Waals surface area contributed by atoms with E-state index in [4.69, 9.17) is 16.3 Å². The van der Waals surface area contributed by atoms with Crippen LogP contribution in [0.5, 0.6) is 0 Å². The molecule has 2 aromatic carbocycles. The molecule has 1 fully saturated rings. The zero-order valence-corrected chi connectivity index (χ0v) is 17.7. The van der Waals surface area contributed by atoms with E-state index >= 15 is 0 Å². The summed E-state index contributed by atoms with van der Waals surface area (Å²) in [6.45, 7) is 3.03. The van der Waals surface area contributed by atoms with Crippen LogP contribution in [0.25, 0.3) is 0 Å². The van der Waals surface area contributed by atoms with Crippen LogP contribution in [-0.2, 0) is 14.8 Å². The largest absolute Gasteiger partial charge is 0.379 e. The number of hydrogen-bond acceptors (Lipinski definition) is 4. The van der Waals surface area contributed by atoms with Gasteiger partial charge in [0.25, 0.3) is 5.91 Å². The van der Waals surface area contributed by atoms with Crippen molar-refractivity contribution in [1.29, 1.82) is 0 Å². The monoisotopic (exact) mass is 472 g/mol. The first-order chi connectivity index (χ1) is 12.8. The van der Waals surface area contributed by atoms with E-state index in [0.717, 1.165) is 4.47 Å². The zero-order valence-electron chi connectivity index (χ0n) is 14.5. The Hall–Kier alpha value is -1.45. The molecule has 6 nitrogen and oxygen atoms in total. The van der Waals surface area contributed by atoms with Gasteiger partial charge in [0.2, 0.25) is 10.0 Å². The molecule has 0 spiro atoms. The number of rotatable bonds is 4. The van der Waals surface area contributed by atoms with Gasteiger partial charge in [-0.15, -0.1) is 0 Å². The number of aryl methyl sites for hydroxylation is 1. The molecule has 2 aromatic rings. The predicted octanol–water partition coefficient (Wildman–Crippen LogP) is 3.68. The number of nitrogens with zero attached hydrogens (tertiary/aromatic N) is 1. The van der Waals surface area contributed by atoms with E-state index in [1.165, 1.54) is 10.4 Å². The summed E-state index contributed by atoms with van der Waals surface area (Å²) in [6.07, 6.45) is 0. The van der Waals surface area contributed by atoms with Gasteiger partial charge in [-0.2, -0.15) is 4.31 Å². The highest BCUT2D eigenvalue weighted by atomic mass is 79.9. The fraction of sp³-hybridized carbons (Fsp3) is 0.278. The fourth-order valence-corrected chi connectivity index (χ4v) is 5.11. The molecule has 1 heterocycles. The third-order valence-electron chi connectivity index (χ3n) is 4.22. The number of benzene rings is 2. The summed E-state index contributed by atoms with van der Waals surface area (Å²) >= 11 is 9.44. The highest BCUT2D eigenvalue weighted by Gasteiger charge is 2.28. The smallest absolute Gasteiger partial charge is 0.255 e. The van der Waals surface area contributed by atoms with Gasteiger partial charge < -0.3 is 10.1 Å². The first-order valence-electron chi connectivity index (χ1n) is 8.24. The average molecular weight is 474 g/mol. The lowest BCUT2D eigenvalue weighted by atomic mass is 10.1. The summed E-state index contributed by atoms with van der Waals surface area (Å²) in [5, 5.41) is 3.09. The lowest BCUT2D eigenvalue weighted by Crippen LogP contribution is -2.40. The Morgan fingerprint density at radius 1 is 1.19 bits per heavy atom. The maximum atomic E-state index is 12.9. The van der Waals surface area contributed by atoms with Crippen LogP contribution in [0.4, 0.5) is 5.69 Å². The van der Waals surface area contributed by atoms with Crippen molar-refractivity contribution in [2.45, 2.75) is 11.8 Å². The standard InChI is InChI=1S/C18H18BrClN2O4S/c1-12-2-3-13(18(23)21-16-5-4-14(19)11-15(16)20)10-17(12)27(24,25)22-6-8-26-9-7-22/h2-5,10-11H,6-9H2,1H3,(H,21,23). The first-order valence-corrected chi connectivity index (χ1v) is 10.8. The molecule has 9 heteroatoms. The Morgan fingerprint density at radius 3 is 2.56 bits per heavy atom. The zero-order chi connectivity index (χ0) is 19.6. The lowest BCUT2D eigenvalue weighted by molar-refractivity contribution is 0.0730. The molecule has 3 rings (SSSR count). The maximum Gasteiger partial charge on any atom is 0.255 e. The van der Waals surface area contributed by atoms with Gasteiger partial charge in [-0.25, -0.2) is 8.42 Å². The Labute approximate surface area is 171 Å². The van der Waals surface area contributed by atoms with Crippen molar-refractivity contribution in [3.63, 3.8) is 0 Å². The summed E-state index contributed by atoms with van der Waals surface area (Å²) in [4.78, 5) is 12.7. The average Bonchev–Trinajstić information content (AvgIpc) is 2.65. The van der Waals surface area contributed by atoms with Crippen LogP contribution in [-0.4, -0.2) is 44.9 Å². The summed E-state index contributed by atoms with van der Waals surface area (Å²) in [5.74, 6) is -0.433. The highest BCUT2D eigenvalue weighted by molar-refractivity contribution is 9.10. The summed E-state index contributed by atoms with van der Waals surface area (Å²) in [7, 11) is -3.69. The molecule has 0 aromatic heterocycles. The van der Waals surface area contributed by atoms with E-state index < -0.39 is 15.9 Å². The third-order valence-corrected chi connectivity index (χ3v) is 7.06. The minimum atomic E-state index is -3.69. The summed E-state index contributed by atoms with van der Waals surface area (Å²) in [6, 6.07) is 9.72. The topological polar surface area (TPSA) is 75.7 Å². The molecule has 0 radical (unpaired) electrons. The molecule has 0 saturated carbocycles. The van der Waals surface area contributed by atoms with E-state index in [2.05, 4.69) is 21.2 Å². The number of nitrogens with one attached hydrogen (secondary N) is 1. The van der Waals surface area contributed by atoms with Gasteiger partial charge in [-0.05, 0) is 42.8 Å². The van der Waals surface area contributed by atoms with Gasteiger partial charge in [-0.1, -0.05) is 33.6 Å². The number of carbonyl (C=O) groups is 1. The van der Waals surface area contributed by atoms with Crippen molar-refractivity contribution in [2.75, 3.05) is 31.6 Å². The lowest BCUT2D eigenvalue weighted by Gasteiger charge is -2.26. The van der Waals surface area contributed by atoms with E-state index in [1.807, 2.05) is 0 Å². The van der Waals surface area contributed by atoms with Crippen LogP contribution in [0.3, 0.4) is 0 Å². The summed E-state index contributed by atoms with van der Waals surface area (Å²) in [5.41, 5.74) is 1.27. The predicted molar refractivity (Wildman–Crippen MR) is 108 cm³/mol. The molecular weight excluding hydrogens is 456 g/mol. The van der Waals surface area contributed by atoms with E-state index in [-0.39, 0.29) is 10.5 Å². The van der Waals surface area contributed by atoms with E-state index in [0.29, 0.717) is 42.6 Å². The van der Waals surface area contributed by atoms with Crippen LogP contribution in [0.2, 0.25) is 5.02 Å². The Kier molecular flexibility index (Phi) is 6.22. The molecule has 27 heavy (non-hydrogen) atoms. The van der Waals surface area contributed by atoms with Crippen molar-refractivity contribution in [3.05, 3.63) is 57.0 Å². The number of sulfonamides is 1. The third kappa shape index (κ3) is 4.52. The van der Waals surface area contributed by atoms with Crippen molar-refractivity contribution < 1.29 is 17.9 Å². The van der Waals surface area contributed by atoms with Gasteiger partial charge in [0.1, 0.15) is 0 Å². The Bertz CT molecular complexity index is 975. The second kappa shape index (κ2) is 8.28. The molecule has 1 aliphatic rings. The molecule has 0 atom stereocenters. The fourth-order valence-electron chi connectivity index (χ4n) is 2.73. The number of amides is 1. The van der Waals surface area contributed by atoms with Crippen LogP contribution in [0.15, 0.2) is 45.8 Å². The normalized spacial score (nSPS) is 15.5. The molecule has 1 aliphatic heterocycles. The molecule has 0 bridgehead atoms. The second-order valence-corrected chi connectivity index (χ2v) is 9.30. The van der Waals surface area contributed by atoms with Crippen molar-refractivity contribution in [3.8, 4) is 0 Å². The highest BCUT2D eigenvalue weighted by Crippen LogP contribution is 2.27. The van der Waals surface area contributed by atoms with E-state index in [9.17, 15) is 13.2 Å². The van der Waals surface area contributed by atoms with Gasteiger partial charge >= 0.3 is 0 Å². The van der Waals surface area contributed by atoms with Crippen LogP contribution in [0.1, 0.15) is 15.9 Å². The van der Waals surface area contributed by atoms with E-state index in [1.54, 1.807) is 37.3 Å². The number of morpholine rings is 1. The van der Waals surface area contributed by atoms with Crippen LogP contribution >= 0.6 is 27.5 Å². The molecular formula is C18H18BrClN2O4S. The Morgan fingerprint density at radius 2 is 1.89 bits per heavy atom. The number of halogens is 2. The van der Waals surface area contributed by atoms with Gasteiger partial charge in [0.15, 0.2) is 0 Å². The molecule has 0 unspecified atom stereocenters. The maximum absolute atomic E-state index is 12.9. The minimum Gasteiger partial charge on any atom is -0.379 e. The van der Waals surface area contributed by atoms with Crippen LogP contribution < -0.4 is 5.32 Å². The number of hydrogen-bond donors (Lipinski definition) is 1. The minimum absolute atomic E-state index is 0.124. The SMILES string of the molecule is Cc1ccc(C(=O)Nc2ccc(Br)cc2Cl)cc1S(=O)(=O)N1CCOCC1. The number of anilines is 1. The van der Waals surface area contributed by atoms with Gasteiger partial charge in [-0.3, -0.25) is 4.79 Å². The van der Waals surface area contributed by atoms with Gasteiger partial charge in [0.05, 0.1) is 28.8 Å². The quantitative estimate of drug-likeness (QED) is 0.735.